The van der Waals surface area contributed by atoms with E-state index in [4.69, 9.17) is 0 Å². The van der Waals surface area contributed by atoms with Gasteiger partial charge in [-0.1, -0.05) is 90.8 Å². The van der Waals surface area contributed by atoms with E-state index in [2.05, 4.69) is 29.0 Å². The van der Waals surface area contributed by atoms with Crippen LogP contribution in [0.2, 0.25) is 0 Å². The van der Waals surface area contributed by atoms with Gasteiger partial charge in [-0.15, -0.1) is 0 Å². The van der Waals surface area contributed by atoms with Crippen LogP contribution < -0.4 is 5.56 Å². The Bertz CT molecular complexity index is 1800. The Labute approximate surface area is 203 Å². The Morgan fingerprint density at radius 1 is 0.629 bits per heavy atom. The van der Waals surface area contributed by atoms with Gasteiger partial charge in [0, 0.05) is 28.1 Å². The van der Waals surface area contributed by atoms with Gasteiger partial charge in [-0.3, -0.25) is 14.3 Å². The van der Waals surface area contributed by atoms with E-state index in [1.165, 1.54) is 0 Å². The molecule has 0 saturated heterocycles. The molecule has 0 unspecified atom stereocenters. The van der Waals surface area contributed by atoms with Crippen molar-refractivity contribution in [2.75, 3.05) is 0 Å². The first-order valence-corrected chi connectivity index (χ1v) is 11.5. The second-order valence-corrected chi connectivity index (χ2v) is 8.24. The quantitative estimate of drug-likeness (QED) is 0.280. The molecule has 6 rings (SSSR count). The molecule has 0 fully saturated rings. The molecule has 0 bridgehead atoms. The molecule has 3 heteroatoms. The summed E-state index contributed by atoms with van der Waals surface area (Å²) in [7, 11) is 0. The first kappa shape index (κ1) is 20.7. The van der Waals surface area contributed by atoms with E-state index >= 15 is 0 Å². The molecular formula is C32H20N2O. The number of pyridine rings is 2. The van der Waals surface area contributed by atoms with Crippen molar-refractivity contribution < 1.29 is 0 Å². The first-order valence-electron chi connectivity index (χ1n) is 11.5. The SMILES string of the molecule is O=c1c2ccccc2c(-c2ccccc2)c(C#Cc2ccccc2)n1-c1cccc2cccnc12. The molecule has 0 aliphatic rings. The zero-order chi connectivity index (χ0) is 23.6. The van der Waals surface area contributed by atoms with Gasteiger partial charge in [0.2, 0.25) is 0 Å². The molecule has 35 heavy (non-hydrogen) atoms. The van der Waals surface area contributed by atoms with Crippen LogP contribution in [0.5, 0.6) is 0 Å². The van der Waals surface area contributed by atoms with Gasteiger partial charge in [-0.2, -0.15) is 0 Å². The maximum atomic E-state index is 14.1. The number of aromatic nitrogens is 2. The average Bonchev–Trinajstić information content (AvgIpc) is 2.93. The van der Waals surface area contributed by atoms with Crippen LogP contribution in [-0.2, 0) is 0 Å². The van der Waals surface area contributed by atoms with Crippen LogP contribution in [0.4, 0.5) is 0 Å². The van der Waals surface area contributed by atoms with Crippen molar-refractivity contribution >= 4 is 21.7 Å². The van der Waals surface area contributed by atoms with Gasteiger partial charge >= 0.3 is 0 Å². The second kappa shape index (κ2) is 8.78. The minimum atomic E-state index is -0.115. The molecule has 0 spiro atoms. The zero-order valence-corrected chi connectivity index (χ0v) is 18.8. The van der Waals surface area contributed by atoms with Gasteiger partial charge in [0.1, 0.15) is 5.69 Å². The molecule has 0 N–H and O–H groups in total. The number of fused-ring (bicyclic) bond motifs is 2. The van der Waals surface area contributed by atoms with Crippen molar-refractivity contribution in [3.8, 4) is 28.7 Å². The fourth-order valence-electron chi connectivity index (χ4n) is 4.52. The van der Waals surface area contributed by atoms with Gasteiger partial charge in [-0.05, 0) is 47.2 Å². The van der Waals surface area contributed by atoms with E-state index in [0.29, 0.717) is 16.8 Å². The van der Waals surface area contributed by atoms with Crippen LogP contribution in [0.15, 0.2) is 126 Å². The first-order chi connectivity index (χ1) is 17.3. The molecule has 0 aliphatic heterocycles. The Morgan fingerprint density at radius 2 is 1.31 bits per heavy atom. The molecule has 0 aliphatic carbocycles. The smallest absolute Gasteiger partial charge is 0.264 e. The molecule has 6 aromatic rings. The number of rotatable bonds is 2. The second-order valence-electron chi connectivity index (χ2n) is 8.24. The highest BCUT2D eigenvalue weighted by Crippen LogP contribution is 2.32. The van der Waals surface area contributed by atoms with E-state index < -0.39 is 0 Å². The Morgan fingerprint density at radius 3 is 2.11 bits per heavy atom. The number of nitrogens with zero attached hydrogens (tertiary/aromatic N) is 2. The fraction of sp³-hybridized carbons (Fsp3) is 0. The lowest BCUT2D eigenvalue weighted by molar-refractivity contribution is 0.995. The summed E-state index contributed by atoms with van der Waals surface area (Å²) in [6.45, 7) is 0. The third-order valence-corrected chi connectivity index (χ3v) is 6.10. The number of hydrogen-bond acceptors (Lipinski definition) is 2. The van der Waals surface area contributed by atoms with Crippen LogP contribution in [-0.4, -0.2) is 9.55 Å². The van der Waals surface area contributed by atoms with Gasteiger partial charge in [0.05, 0.1) is 11.2 Å². The number of hydrogen-bond donors (Lipinski definition) is 0. The molecular weight excluding hydrogens is 428 g/mol. The molecule has 2 aromatic heterocycles. The molecule has 0 amide bonds. The lowest BCUT2D eigenvalue weighted by Crippen LogP contribution is -2.23. The normalized spacial score (nSPS) is 10.7. The lowest BCUT2D eigenvalue weighted by atomic mass is 9.96. The summed E-state index contributed by atoms with van der Waals surface area (Å²) in [6, 6.07) is 37.5. The summed E-state index contributed by atoms with van der Waals surface area (Å²) in [5.41, 5.74) is 4.81. The molecule has 3 nitrogen and oxygen atoms in total. The highest BCUT2D eigenvalue weighted by Gasteiger charge is 2.19. The van der Waals surface area contributed by atoms with Crippen molar-refractivity contribution in [3.05, 3.63) is 143 Å². The Kier molecular flexibility index (Phi) is 5.18. The fourth-order valence-corrected chi connectivity index (χ4v) is 4.52. The maximum Gasteiger partial charge on any atom is 0.264 e. The van der Waals surface area contributed by atoms with Crippen LogP contribution in [0.3, 0.4) is 0 Å². The van der Waals surface area contributed by atoms with Crippen LogP contribution in [0.25, 0.3) is 38.5 Å². The topological polar surface area (TPSA) is 34.9 Å². The Balaban J connectivity index is 1.81. The molecule has 0 saturated carbocycles. The van der Waals surface area contributed by atoms with Crippen molar-refractivity contribution in [2.24, 2.45) is 0 Å². The van der Waals surface area contributed by atoms with Crippen molar-refractivity contribution in [1.82, 2.24) is 9.55 Å². The van der Waals surface area contributed by atoms with Crippen molar-refractivity contribution in [3.63, 3.8) is 0 Å². The third-order valence-electron chi connectivity index (χ3n) is 6.10. The third kappa shape index (κ3) is 3.68. The number of para-hydroxylation sites is 1. The predicted molar refractivity (Wildman–Crippen MR) is 143 cm³/mol. The van der Waals surface area contributed by atoms with Gasteiger partial charge < -0.3 is 0 Å². The van der Waals surface area contributed by atoms with Crippen molar-refractivity contribution in [1.29, 1.82) is 0 Å². The molecule has 2 heterocycles. The van der Waals surface area contributed by atoms with E-state index in [0.717, 1.165) is 33.0 Å². The average molecular weight is 449 g/mol. The molecule has 4 aromatic carbocycles. The van der Waals surface area contributed by atoms with E-state index in [9.17, 15) is 4.79 Å². The summed E-state index contributed by atoms with van der Waals surface area (Å²) in [6.07, 6.45) is 1.76. The van der Waals surface area contributed by atoms with E-state index in [1.807, 2.05) is 103 Å². The highest BCUT2D eigenvalue weighted by molar-refractivity contribution is 5.99. The van der Waals surface area contributed by atoms with Crippen LogP contribution in [0.1, 0.15) is 11.3 Å². The summed E-state index contributed by atoms with van der Waals surface area (Å²) in [4.78, 5) is 18.7. The summed E-state index contributed by atoms with van der Waals surface area (Å²) < 4.78 is 1.73. The Hall–Kier alpha value is -4.94. The zero-order valence-electron chi connectivity index (χ0n) is 18.8. The molecule has 0 atom stereocenters. The number of benzene rings is 4. The summed E-state index contributed by atoms with van der Waals surface area (Å²) in [5, 5.41) is 2.49. The van der Waals surface area contributed by atoms with Gasteiger partial charge in [-0.25, -0.2) is 0 Å². The predicted octanol–water partition coefficient (Wildman–Crippen LogP) is 6.61. The largest absolute Gasteiger partial charge is 0.268 e. The van der Waals surface area contributed by atoms with E-state index in [1.54, 1.807) is 10.8 Å². The van der Waals surface area contributed by atoms with E-state index in [-0.39, 0.29) is 5.56 Å². The van der Waals surface area contributed by atoms with Gasteiger partial charge in [0.25, 0.3) is 5.56 Å². The van der Waals surface area contributed by atoms with Crippen LogP contribution in [0, 0.1) is 11.8 Å². The summed E-state index contributed by atoms with van der Waals surface area (Å²) >= 11 is 0. The highest BCUT2D eigenvalue weighted by atomic mass is 16.1. The maximum absolute atomic E-state index is 14.1. The monoisotopic (exact) mass is 448 g/mol. The van der Waals surface area contributed by atoms with Gasteiger partial charge in [0.15, 0.2) is 0 Å². The molecule has 164 valence electrons. The standard InChI is InChI=1S/C32H20N2O/c35-32-27-18-8-7-17-26(27)30(24-13-5-2-6-14-24)28(21-20-23-11-3-1-4-12-23)34(32)29-19-9-15-25-16-10-22-33-31(25)29/h1-19,22H. The lowest BCUT2D eigenvalue weighted by Gasteiger charge is -2.18. The van der Waals surface area contributed by atoms with Crippen LogP contribution >= 0.6 is 0 Å². The van der Waals surface area contributed by atoms with Crippen molar-refractivity contribution in [2.45, 2.75) is 0 Å². The molecule has 0 radical (unpaired) electrons. The minimum Gasteiger partial charge on any atom is -0.268 e. The minimum absolute atomic E-state index is 0.115. The summed E-state index contributed by atoms with van der Waals surface area (Å²) in [5.74, 6) is 6.67.